The van der Waals surface area contributed by atoms with Crippen molar-refractivity contribution in [2.24, 2.45) is 0 Å². The van der Waals surface area contributed by atoms with Crippen molar-refractivity contribution >= 4 is 23.7 Å². The third-order valence-corrected chi connectivity index (χ3v) is 8.22. The molecule has 10 nitrogen and oxygen atoms in total. The summed E-state index contributed by atoms with van der Waals surface area (Å²) in [6.07, 6.45) is 4.12. The van der Waals surface area contributed by atoms with E-state index in [1.807, 2.05) is 18.2 Å². The number of hydrogen-bond acceptors (Lipinski definition) is 7. The fraction of sp³-hybridized carbons (Fsp3) is 0.387. The lowest BCUT2D eigenvalue weighted by Crippen LogP contribution is -2.44. The van der Waals surface area contributed by atoms with Crippen molar-refractivity contribution in [3.63, 3.8) is 0 Å². The molecule has 2 aromatic rings. The highest BCUT2D eigenvalue weighted by Crippen LogP contribution is 2.39. The molecule has 216 valence electrons. The summed E-state index contributed by atoms with van der Waals surface area (Å²) < 4.78 is 0. The lowest BCUT2D eigenvalue weighted by Gasteiger charge is -2.39. The Morgan fingerprint density at radius 3 is 2.22 bits per heavy atom. The van der Waals surface area contributed by atoms with Gasteiger partial charge in [-0.25, -0.2) is 0 Å². The zero-order valence-corrected chi connectivity index (χ0v) is 23.8. The number of likely N-dealkylation sites (tertiary alicyclic amines) is 1. The molecule has 4 rings (SSSR count). The summed E-state index contributed by atoms with van der Waals surface area (Å²) in [5.74, 6) is -1.28. The van der Waals surface area contributed by atoms with Crippen LogP contribution < -0.4 is 16.0 Å². The van der Waals surface area contributed by atoms with Crippen molar-refractivity contribution in [3.8, 4) is 0 Å². The molecule has 2 aliphatic heterocycles. The van der Waals surface area contributed by atoms with Crippen molar-refractivity contribution in [2.45, 2.75) is 44.4 Å². The van der Waals surface area contributed by atoms with Crippen LogP contribution in [-0.2, 0) is 15.0 Å². The molecule has 2 amide bonds. The summed E-state index contributed by atoms with van der Waals surface area (Å²) in [6.45, 7) is 6.64. The van der Waals surface area contributed by atoms with Gasteiger partial charge in [0.05, 0.1) is 4.92 Å². The van der Waals surface area contributed by atoms with Crippen LogP contribution in [0.5, 0.6) is 0 Å². The van der Waals surface area contributed by atoms with E-state index in [0.717, 1.165) is 38.9 Å². The topological polar surface area (TPSA) is 140 Å². The second-order valence-corrected chi connectivity index (χ2v) is 10.7. The third-order valence-electron chi connectivity index (χ3n) is 8.22. The number of likely N-dealkylation sites (N-methyl/N-ethyl adjacent to an activating group) is 1. The number of nitro benzene ring substituents is 1. The van der Waals surface area contributed by atoms with E-state index in [4.69, 9.17) is 5.41 Å². The first-order valence-electron chi connectivity index (χ1n) is 13.9. The Kier molecular flexibility index (Phi) is 9.34. The number of nitrogens with one attached hydrogen (secondary N) is 4. The van der Waals surface area contributed by atoms with Gasteiger partial charge in [-0.05, 0) is 63.9 Å². The average Bonchev–Trinajstić information content (AvgIpc) is 2.99. The molecular formula is C31H38N6O4. The zero-order valence-electron chi connectivity index (χ0n) is 23.8. The van der Waals surface area contributed by atoms with Crippen LogP contribution in [0.3, 0.4) is 0 Å². The molecule has 41 heavy (non-hydrogen) atoms. The summed E-state index contributed by atoms with van der Waals surface area (Å²) in [5, 5.41) is 28.2. The summed E-state index contributed by atoms with van der Waals surface area (Å²) in [6, 6.07) is 16.2. The maximum Gasteiger partial charge on any atom is 0.269 e. The van der Waals surface area contributed by atoms with E-state index < -0.39 is 10.8 Å². The fourth-order valence-electron chi connectivity index (χ4n) is 5.91. The van der Waals surface area contributed by atoms with E-state index in [2.05, 4.69) is 33.0 Å². The minimum absolute atomic E-state index is 0.0593. The quantitative estimate of drug-likeness (QED) is 0.151. The van der Waals surface area contributed by atoms with Gasteiger partial charge < -0.3 is 26.3 Å². The Labute approximate surface area is 240 Å². The maximum atomic E-state index is 13.6. The molecule has 1 unspecified atom stereocenters. The molecule has 0 aliphatic carbocycles. The van der Waals surface area contributed by atoms with Crippen molar-refractivity contribution in [2.75, 3.05) is 33.2 Å². The van der Waals surface area contributed by atoms with Crippen molar-refractivity contribution in [1.82, 2.24) is 20.9 Å². The number of dihydropyridines is 1. The standard InChI is InChI=1S/C31H38N6O4/c1-21-26(29(38)33-3)28(23-10-12-25(13-11-23)37(40)41)27(22(2)35-21)30(39)34-16-7-17-36-18-14-31(20-32,15-19-36)24-8-5-4-6-9-24/h4-6,8-13,20,28,32,35H,7,14-19H2,1-3H3,(H,33,38)(H,34,39). The van der Waals surface area contributed by atoms with Crippen LogP contribution >= 0.6 is 0 Å². The number of carbonyl (C=O) groups is 2. The first kappa shape index (κ1) is 29.7. The van der Waals surface area contributed by atoms with Crippen molar-refractivity contribution in [3.05, 3.63) is 98.4 Å². The third kappa shape index (κ3) is 6.38. The summed E-state index contributed by atoms with van der Waals surface area (Å²) in [7, 11) is 1.53. The largest absolute Gasteiger partial charge is 0.362 e. The van der Waals surface area contributed by atoms with E-state index in [1.54, 1.807) is 32.2 Å². The first-order chi connectivity index (χ1) is 19.7. The first-order valence-corrected chi connectivity index (χ1v) is 13.9. The molecule has 4 N–H and O–H groups in total. The summed E-state index contributed by atoms with van der Waals surface area (Å²) in [5.41, 5.74) is 3.62. The number of rotatable bonds is 10. The van der Waals surface area contributed by atoms with Gasteiger partial charge in [0.1, 0.15) is 0 Å². The molecule has 2 aliphatic rings. The monoisotopic (exact) mass is 558 g/mol. The number of amides is 2. The molecule has 1 fully saturated rings. The molecule has 2 heterocycles. The minimum Gasteiger partial charge on any atom is -0.362 e. The van der Waals surface area contributed by atoms with Crippen molar-refractivity contribution in [1.29, 1.82) is 5.41 Å². The Morgan fingerprint density at radius 1 is 1.05 bits per heavy atom. The second-order valence-electron chi connectivity index (χ2n) is 10.7. The Balaban J connectivity index is 1.41. The minimum atomic E-state index is -0.675. The van der Waals surface area contributed by atoms with Gasteiger partial charge >= 0.3 is 0 Å². The molecule has 0 saturated carbocycles. The number of non-ortho nitro benzene ring substituents is 1. The van der Waals surface area contributed by atoms with E-state index in [-0.39, 0.29) is 22.9 Å². The van der Waals surface area contributed by atoms with Crippen LogP contribution in [0, 0.1) is 15.5 Å². The lowest BCUT2D eigenvalue weighted by molar-refractivity contribution is -0.384. The smallest absolute Gasteiger partial charge is 0.269 e. The number of piperidine rings is 1. The van der Waals surface area contributed by atoms with Crippen LogP contribution in [0.2, 0.25) is 0 Å². The number of hydrogen-bond donors (Lipinski definition) is 4. The van der Waals surface area contributed by atoms with Gasteiger partial charge in [0.15, 0.2) is 0 Å². The molecular weight excluding hydrogens is 520 g/mol. The highest BCUT2D eigenvalue weighted by molar-refractivity contribution is 6.03. The van der Waals surface area contributed by atoms with Gasteiger partial charge in [0.2, 0.25) is 11.8 Å². The van der Waals surface area contributed by atoms with E-state index in [0.29, 0.717) is 34.6 Å². The van der Waals surface area contributed by atoms with Gasteiger partial charge in [-0.15, -0.1) is 0 Å². The molecule has 1 atom stereocenters. The highest BCUT2D eigenvalue weighted by atomic mass is 16.6. The number of carbonyl (C=O) groups excluding carboxylic acids is 2. The molecule has 2 aromatic carbocycles. The van der Waals surface area contributed by atoms with Crippen LogP contribution in [0.15, 0.2) is 77.1 Å². The average molecular weight is 559 g/mol. The normalized spacial score (nSPS) is 18.9. The molecule has 0 aromatic heterocycles. The van der Waals surface area contributed by atoms with Gasteiger partial charge in [-0.3, -0.25) is 19.7 Å². The number of benzene rings is 2. The van der Waals surface area contributed by atoms with Crippen LogP contribution in [0.25, 0.3) is 0 Å². The lowest BCUT2D eigenvalue weighted by atomic mass is 9.74. The SMILES string of the molecule is CNC(=O)C1=C(C)NC(C)=C(C(=O)NCCCN2CCC(C=N)(c3ccccc3)CC2)C1c1ccc([N+](=O)[O-])cc1. The molecule has 1 saturated heterocycles. The molecule has 0 radical (unpaired) electrons. The van der Waals surface area contributed by atoms with E-state index in [1.165, 1.54) is 24.7 Å². The number of nitrogens with zero attached hydrogens (tertiary/aromatic N) is 2. The van der Waals surface area contributed by atoms with Crippen LogP contribution in [0.4, 0.5) is 5.69 Å². The maximum absolute atomic E-state index is 13.6. The van der Waals surface area contributed by atoms with Crippen LogP contribution in [0.1, 0.15) is 50.2 Å². The van der Waals surface area contributed by atoms with E-state index in [9.17, 15) is 19.7 Å². The second kappa shape index (κ2) is 12.9. The van der Waals surface area contributed by atoms with Crippen LogP contribution in [-0.4, -0.2) is 61.1 Å². The Morgan fingerprint density at radius 2 is 1.66 bits per heavy atom. The molecule has 10 heteroatoms. The van der Waals surface area contributed by atoms with Gasteiger partial charge in [0, 0.05) is 65.8 Å². The zero-order chi connectivity index (χ0) is 29.6. The molecule has 0 spiro atoms. The Hall–Kier alpha value is -4.31. The Bertz CT molecular complexity index is 1360. The summed E-state index contributed by atoms with van der Waals surface area (Å²) >= 11 is 0. The number of allylic oxidation sites excluding steroid dienone is 2. The van der Waals surface area contributed by atoms with Gasteiger partial charge in [0.25, 0.3) is 5.69 Å². The highest BCUT2D eigenvalue weighted by Gasteiger charge is 2.37. The van der Waals surface area contributed by atoms with E-state index >= 15 is 0 Å². The predicted molar refractivity (Wildman–Crippen MR) is 159 cm³/mol. The number of nitro groups is 1. The van der Waals surface area contributed by atoms with Gasteiger partial charge in [-0.2, -0.15) is 0 Å². The van der Waals surface area contributed by atoms with Gasteiger partial charge in [-0.1, -0.05) is 42.5 Å². The van der Waals surface area contributed by atoms with Crippen molar-refractivity contribution < 1.29 is 14.5 Å². The molecule has 0 bridgehead atoms. The predicted octanol–water partition coefficient (Wildman–Crippen LogP) is 3.77. The fourth-order valence-corrected chi connectivity index (χ4v) is 5.91. The summed E-state index contributed by atoms with van der Waals surface area (Å²) in [4.78, 5) is 39.6.